The second-order valence-corrected chi connectivity index (χ2v) is 6.22. The van der Waals surface area contributed by atoms with Gasteiger partial charge in [0, 0.05) is 18.6 Å². The molecule has 0 aromatic heterocycles. The van der Waals surface area contributed by atoms with Gasteiger partial charge >= 0.3 is 0 Å². The third-order valence-electron chi connectivity index (χ3n) is 3.05. The first-order valence-corrected chi connectivity index (χ1v) is 7.00. The highest BCUT2D eigenvalue weighted by atomic mass is 35.5. The summed E-state index contributed by atoms with van der Waals surface area (Å²) in [4.78, 5) is 13.9. The number of carbonyl (C=O) groups excluding carboxylic acids is 1. The fraction of sp³-hybridized carbons (Fsp3) is 0.533. The third-order valence-corrected chi connectivity index (χ3v) is 3.29. The van der Waals surface area contributed by atoms with Gasteiger partial charge in [-0.05, 0) is 37.1 Å². The van der Waals surface area contributed by atoms with Crippen molar-refractivity contribution < 1.29 is 9.53 Å². The normalized spacial score (nSPS) is 12.3. The number of amides is 1. The van der Waals surface area contributed by atoms with E-state index in [0.717, 1.165) is 0 Å². The average Bonchev–Trinajstić information content (AvgIpc) is 2.37. The maximum Gasteiger partial charge on any atom is 0.263 e. The lowest BCUT2D eigenvalue weighted by Crippen LogP contribution is -2.44. The summed E-state index contributed by atoms with van der Waals surface area (Å²) in [7, 11) is 1.76. The average molecular weight is 335 g/mol. The Hall–Kier alpha value is -0.970. The molecule has 1 aromatic carbocycles. The van der Waals surface area contributed by atoms with E-state index in [1.165, 1.54) is 0 Å². The van der Waals surface area contributed by atoms with Crippen molar-refractivity contribution in [3.8, 4) is 5.75 Å². The van der Waals surface area contributed by atoms with Crippen molar-refractivity contribution in [3.05, 3.63) is 29.3 Å². The number of likely N-dealkylation sites (N-methyl/N-ethyl adjacent to an activating group) is 1. The van der Waals surface area contributed by atoms with Gasteiger partial charge in [-0.15, -0.1) is 12.4 Å². The molecule has 1 unspecified atom stereocenters. The molecule has 0 aliphatic heterocycles. The summed E-state index contributed by atoms with van der Waals surface area (Å²) < 4.78 is 5.62. The molecule has 1 atom stereocenters. The molecule has 1 rings (SSSR count). The standard InChI is InChI=1S/C15H23ClN2O2.ClH/c1-11(20-13-7-5-6-12(16)8-13)14(19)18(4)10-15(2,3)9-17;/h5-8,11H,9-10,17H2,1-4H3;1H. The Morgan fingerprint density at radius 3 is 2.62 bits per heavy atom. The van der Waals surface area contributed by atoms with Crippen LogP contribution in [0.1, 0.15) is 20.8 Å². The molecule has 0 spiro atoms. The minimum atomic E-state index is -0.563. The number of halogens is 2. The number of hydrogen-bond acceptors (Lipinski definition) is 3. The van der Waals surface area contributed by atoms with Gasteiger partial charge in [0.05, 0.1) is 0 Å². The molecule has 1 aromatic rings. The van der Waals surface area contributed by atoms with E-state index >= 15 is 0 Å². The molecule has 2 N–H and O–H groups in total. The molecule has 21 heavy (non-hydrogen) atoms. The predicted octanol–water partition coefficient (Wildman–Crippen LogP) is 2.97. The van der Waals surface area contributed by atoms with Gasteiger partial charge in [0.15, 0.2) is 6.10 Å². The number of nitrogens with zero attached hydrogens (tertiary/aromatic N) is 1. The molecule has 1 amide bonds. The minimum Gasteiger partial charge on any atom is -0.481 e. The molecule has 0 bridgehead atoms. The molecular formula is C15H24Cl2N2O2. The van der Waals surface area contributed by atoms with E-state index in [4.69, 9.17) is 22.1 Å². The molecule has 0 radical (unpaired) electrons. The number of benzene rings is 1. The maximum absolute atomic E-state index is 12.3. The van der Waals surface area contributed by atoms with Crippen molar-refractivity contribution in [1.82, 2.24) is 4.90 Å². The Bertz CT molecular complexity index is 467. The van der Waals surface area contributed by atoms with Crippen LogP contribution in [-0.4, -0.2) is 37.0 Å². The van der Waals surface area contributed by atoms with Crippen LogP contribution in [0, 0.1) is 5.41 Å². The van der Waals surface area contributed by atoms with Crippen molar-refractivity contribution >= 4 is 29.9 Å². The van der Waals surface area contributed by atoms with Crippen LogP contribution in [0.4, 0.5) is 0 Å². The summed E-state index contributed by atoms with van der Waals surface area (Å²) in [6.45, 7) is 6.90. The molecule has 0 aliphatic rings. The molecule has 0 aliphatic carbocycles. The van der Waals surface area contributed by atoms with Crippen LogP contribution < -0.4 is 10.5 Å². The van der Waals surface area contributed by atoms with Crippen LogP contribution in [0.3, 0.4) is 0 Å². The van der Waals surface area contributed by atoms with Gasteiger partial charge < -0.3 is 15.4 Å². The molecule has 0 saturated heterocycles. The highest BCUT2D eigenvalue weighted by Gasteiger charge is 2.25. The van der Waals surface area contributed by atoms with Gasteiger partial charge in [0.2, 0.25) is 0 Å². The SMILES string of the molecule is CC(Oc1cccc(Cl)c1)C(=O)N(C)CC(C)(C)CN.Cl. The van der Waals surface area contributed by atoms with Crippen molar-refractivity contribution in [2.75, 3.05) is 20.1 Å². The van der Waals surface area contributed by atoms with E-state index in [1.807, 2.05) is 13.8 Å². The van der Waals surface area contributed by atoms with E-state index in [-0.39, 0.29) is 23.7 Å². The Morgan fingerprint density at radius 2 is 2.10 bits per heavy atom. The zero-order valence-electron chi connectivity index (χ0n) is 12.9. The zero-order valence-corrected chi connectivity index (χ0v) is 14.5. The lowest BCUT2D eigenvalue weighted by Gasteiger charge is -2.30. The van der Waals surface area contributed by atoms with Gasteiger partial charge in [-0.1, -0.05) is 31.5 Å². The van der Waals surface area contributed by atoms with E-state index in [2.05, 4.69) is 0 Å². The summed E-state index contributed by atoms with van der Waals surface area (Å²) in [6.07, 6.45) is -0.563. The van der Waals surface area contributed by atoms with Gasteiger partial charge in [0.1, 0.15) is 5.75 Å². The topological polar surface area (TPSA) is 55.6 Å². The quantitative estimate of drug-likeness (QED) is 0.870. The Labute approximate surface area is 138 Å². The summed E-state index contributed by atoms with van der Waals surface area (Å²) in [5.41, 5.74) is 5.58. The van der Waals surface area contributed by atoms with Crippen LogP contribution >= 0.6 is 24.0 Å². The molecule has 4 nitrogen and oxygen atoms in total. The van der Waals surface area contributed by atoms with Gasteiger partial charge in [0.25, 0.3) is 5.91 Å². The first-order chi connectivity index (χ1) is 9.25. The maximum atomic E-state index is 12.3. The van der Waals surface area contributed by atoms with Crippen LogP contribution in [0.25, 0.3) is 0 Å². The Kier molecular flexibility index (Phi) is 8.08. The zero-order chi connectivity index (χ0) is 15.3. The smallest absolute Gasteiger partial charge is 0.263 e. The second kappa shape index (κ2) is 8.47. The first kappa shape index (κ1) is 20.0. The number of rotatable bonds is 6. The minimum absolute atomic E-state index is 0. The highest BCUT2D eigenvalue weighted by molar-refractivity contribution is 6.30. The van der Waals surface area contributed by atoms with E-state index in [1.54, 1.807) is 43.1 Å². The largest absolute Gasteiger partial charge is 0.481 e. The van der Waals surface area contributed by atoms with Crippen molar-refractivity contribution in [2.24, 2.45) is 11.1 Å². The number of nitrogens with two attached hydrogens (primary N) is 1. The van der Waals surface area contributed by atoms with Crippen molar-refractivity contribution in [2.45, 2.75) is 26.9 Å². The van der Waals surface area contributed by atoms with Crippen LogP contribution in [0.2, 0.25) is 5.02 Å². The summed E-state index contributed by atoms with van der Waals surface area (Å²) >= 11 is 5.89. The molecule has 120 valence electrons. The Balaban J connectivity index is 0.00000400. The van der Waals surface area contributed by atoms with Crippen molar-refractivity contribution in [3.63, 3.8) is 0 Å². The lowest BCUT2D eigenvalue weighted by molar-refractivity contribution is -0.137. The molecule has 6 heteroatoms. The molecule has 0 fully saturated rings. The van der Waals surface area contributed by atoms with Gasteiger partial charge in [-0.2, -0.15) is 0 Å². The fourth-order valence-corrected chi connectivity index (χ4v) is 2.07. The Morgan fingerprint density at radius 1 is 1.48 bits per heavy atom. The highest BCUT2D eigenvalue weighted by Crippen LogP contribution is 2.19. The predicted molar refractivity (Wildman–Crippen MR) is 89.3 cm³/mol. The number of ether oxygens (including phenoxy) is 1. The van der Waals surface area contributed by atoms with Crippen LogP contribution in [0.15, 0.2) is 24.3 Å². The lowest BCUT2D eigenvalue weighted by atomic mass is 9.93. The second-order valence-electron chi connectivity index (χ2n) is 5.78. The fourth-order valence-electron chi connectivity index (χ4n) is 1.89. The monoisotopic (exact) mass is 334 g/mol. The molecular weight excluding hydrogens is 311 g/mol. The first-order valence-electron chi connectivity index (χ1n) is 6.62. The van der Waals surface area contributed by atoms with Crippen LogP contribution in [-0.2, 0) is 4.79 Å². The number of carbonyl (C=O) groups is 1. The van der Waals surface area contributed by atoms with Crippen molar-refractivity contribution in [1.29, 1.82) is 0 Å². The molecule has 0 saturated carbocycles. The van der Waals surface area contributed by atoms with Crippen LogP contribution in [0.5, 0.6) is 5.75 Å². The van der Waals surface area contributed by atoms with Gasteiger partial charge in [-0.25, -0.2) is 0 Å². The van der Waals surface area contributed by atoms with E-state index < -0.39 is 6.10 Å². The summed E-state index contributed by atoms with van der Waals surface area (Å²) in [5.74, 6) is 0.510. The van der Waals surface area contributed by atoms with E-state index in [0.29, 0.717) is 23.9 Å². The third kappa shape index (κ3) is 6.55. The van der Waals surface area contributed by atoms with E-state index in [9.17, 15) is 4.79 Å². The molecule has 0 heterocycles. The van der Waals surface area contributed by atoms with Gasteiger partial charge in [-0.3, -0.25) is 4.79 Å². The number of hydrogen-bond donors (Lipinski definition) is 1. The summed E-state index contributed by atoms with van der Waals surface area (Å²) in [6, 6.07) is 7.02. The summed E-state index contributed by atoms with van der Waals surface area (Å²) in [5, 5.41) is 0.583.